The average molecular weight is 285 g/mol. The molecule has 18 heavy (non-hydrogen) atoms. The van der Waals surface area contributed by atoms with E-state index < -0.39 is 15.8 Å². The Morgan fingerprint density at radius 3 is 2.72 bits per heavy atom. The summed E-state index contributed by atoms with van der Waals surface area (Å²) in [5, 5.41) is 3.76. The van der Waals surface area contributed by atoms with E-state index in [9.17, 15) is 12.8 Å². The summed E-state index contributed by atoms with van der Waals surface area (Å²) in [6.07, 6.45) is 0. The van der Waals surface area contributed by atoms with Crippen molar-refractivity contribution in [3.8, 4) is 0 Å². The van der Waals surface area contributed by atoms with Crippen molar-refractivity contribution in [2.75, 3.05) is 0 Å². The predicted octanol–water partition coefficient (Wildman–Crippen LogP) is 2.51. The van der Waals surface area contributed by atoms with Crippen molar-refractivity contribution in [2.24, 2.45) is 0 Å². The molecule has 96 valence electrons. The maximum atomic E-state index is 12.9. The van der Waals surface area contributed by atoms with Gasteiger partial charge in [-0.3, -0.25) is 0 Å². The largest absolute Gasteiger partial charge is 0.216 e. The van der Waals surface area contributed by atoms with Crippen LogP contribution in [0.2, 0.25) is 0 Å². The molecule has 2 aromatic rings. The molecule has 1 aromatic carbocycles. The Balaban J connectivity index is 1.99. The molecule has 0 atom stereocenters. The van der Waals surface area contributed by atoms with Crippen LogP contribution in [0.4, 0.5) is 4.39 Å². The molecule has 0 saturated heterocycles. The van der Waals surface area contributed by atoms with Crippen LogP contribution in [0, 0.1) is 5.82 Å². The van der Waals surface area contributed by atoms with Gasteiger partial charge in [-0.15, -0.1) is 0 Å². The van der Waals surface area contributed by atoms with E-state index in [0.717, 1.165) is 5.56 Å². The normalized spacial score (nSPS) is 11.6. The van der Waals surface area contributed by atoms with Crippen LogP contribution in [-0.2, 0) is 22.3 Å². The van der Waals surface area contributed by atoms with Crippen LogP contribution in [0.15, 0.2) is 41.1 Å². The summed E-state index contributed by atoms with van der Waals surface area (Å²) in [4.78, 5) is 0. The number of benzene rings is 1. The summed E-state index contributed by atoms with van der Waals surface area (Å²) in [6, 6.07) is 7.46. The maximum Gasteiger partial charge on any atom is 0.216 e. The van der Waals surface area contributed by atoms with Gasteiger partial charge in [0.2, 0.25) is 10.0 Å². The zero-order valence-electron chi connectivity index (χ0n) is 9.47. The molecule has 6 heteroatoms. The molecule has 0 aliphatic rings. The van der Waals surface area contributed by atoms with Gasteiger partial charge in [0.25, 0.3) is 0 Å². The Hall–Kier alpha value is -1.24. The first-order valence-electron chi connectivity index (χ1n) is 5.28. The zero-order valence-corrected chi connectivity index (χ0v) is 11.1. The minimum absolute atomic E-state index is 0.213. The van der Waals surface area contributed by atoms with Crippen LogP contribution in [0.3, 0.4) is 0 Å². The minimum Gasteiger partial charge on any atom is -0.212 e. The summed E-state index contributed by atoms with van der Waals surface area (Å²) in [7, 11) is -3.44. The first-order chi connectivity index (χ1) is 8.55. The predicted molar refractivity (Wildman–Crippen MR) is 70.2 cm³/mol. The van der Waals surface area contributed by atoms with E-state index in [1.165, 1.54) is 29.5 Å². The maximum absolute atomic E-state index is 12.9. The molecule has 0 bridgehead atoms. The molecule has 1 heterocycles. The summed E-state index contributed by atoms with van der Waals surface area (Å²) in [5.41, 5.74) is 1.36. The van der Waals surface area contributed by atoms with E-state index in [0.29, 0.717) is 5.56 Å². The van der Waals surface area contributed by atoms with Gasteiger partial charge in [-0.05, 0) is 40.1 Å². The smallest absolute Gasteiger partial charge is 0.212 e. The van der Waals surface area contributed by atoms with Crippen molar-refractivity contribution < 1.29 is 12.8 Å². The van der Waals surface area contributed by atoms with Gasteiger partial charge in [-0.2, -0.15) is 11.3 Å². The van der Waals surface area contributed by atoms with E-state index in [1.54, 1.807) is 6.07 Å². The Labute approximate surface area is 109 Å². The van der Waals surface area contributed by atoms with Gasteiger partial charge in [-0.25, -0.2) is 17.5 Å². The van der Waals surface area contributed by atoms with Crippen LogP contribution in [0.25, 0.3) is 0 Å². The third kappa shape index (κ3) is 3.90. The van der Waals surface area contributed by atoms with Crippen LogP contribution < -0.4 is 4.72 Å². The molecule has 0 saturated carbocycles. The number of rotatable bonds is 5. The fourth-order valence-corrected chi connectivity index (χ4v) is 3.26. The number of hydrogen-bond donors (Lipinski definition) is 1. The van der Waals surface area contributed by atoms with Crippen molar-refractivity contribution in [2.45, 2.75) is 12.3 Å². The molecular formula is C12H12FNO2S2. The van der Waals surface area contributed by atoms with Crippen molar-refractivity contribution in [3.05, 3.63) is 58.0 Å². The summed E-state index contributed by atoms with van der Waals surface area (Å²) in [6.45, 7) is 0.265. The lowest BCUT2D eigenvalue weighted by Crippen LogP contribution is -2.24. The van der Waals surface area contributed by atoms with Crippen molar-refractivity contribution in [3.63, 3.8) is 0 Å². The minimum atomic E-state index is -3.44. The Kier molecular flexibility index (Phi) is 4.11. The zero-order chi connectivity index (χ0) is 13.0. The Morgan fingerprint density at radius 1 is 1.22 bits per heavy atom. The quantitative estimate of drug-likeness (QED) is 0.917. The monoisotopic (exact) mass is 285 g/mol. The van der Waals surface area contributed by atoms with Crippen molar-refractivity contribution in [1.82, 2.24) is 4.72 Å². The second-order valence-corrected chi connectivity index (χ2v) is 6.43. The molecular weight excluding hydrogens is 273 g/mol. The SMILES string of the molecule is O=S(=O)(Cc1cccc(F)c1)NCc1ccsc1. The summed E-state index contributed by atoms with van der Waals surface area (Å²) in [5.74, 6) is -0.643. The molecule has 0 spiro atoms. The highest BCUT2D eigenvalue weighted by Gasteiger charge is 2.11. The highest BCUT2D eigenvalue weighted by molar-refractivity contribution is 7.88. The van der Waals surface area contributed by atoms with Crippen LogP contribution >= 0.6 is 11.3 Å². The van der Waals surface area contributed by atoms with Crippen molar-refractivity contribution >= 4 is 21.4 Å². The molecule has 0 aliphatic heterocycles. The van der Waals surface area contributed by atoms with E-state index in [4.69, 9.17) is 0 Å². The Morgan fingerprint density at radius 2 is 2.06 bits per heavy atom. The van der Waals surface area contributed by atoms with Gasteiger partial charge in [0.15, 0.2) is 0 Å². The average Bonchev–Trinajstić information content (AvgIpc) is 2.78. The lowest BCUT2D eigenvalue weighted by Gasteiger charge is -2.06. The molecule has 2 rings (SSSR count). The van der Waals surface area contributed by atoms with Gasteiger partial charge >= 0.3 is 0 Å². The van der Waals surface area contributed by atoms with Crippen LogP contribution in [-0.4, -0.2) is 8.42 Å². The second kappa shape index (κ2) is 5.60. The molecule has 0 fully saturated rings. The van der Waals surface area contributed by atoms with Gasteiger partial charge in [0.05, 0.1) is 5.75 Å². The molecule has 0 unspecified atom stereocenters. The molecule has 1 aromatic heterocycles. The van der Waals surface area contributed by atoms with Gasteiger partial charge in [0, 0.05) is 6.54 Å². The fourth-order valence-electron chi connectivity index (χ4n) is 1.48. The summed E-state index contributed by atoms with van der Waals surface area (Å²) >= 11 is 1.51. The summed E-state index contributed by atoms with van der Waals surface area (Å²) < 4.78 is 39.0. The van der Waals surface area contributed by atoms with Gasteiger partial charge in [0.1, 0.15) is 5.82 Å². The molecule has 1 N–H and O–H groups in total. The molecule has 0 amide bonds. The van der Waals surface area contributed by atoms with Gasteiger partial charge < -0.3 is 0 Å². The third-order valence-corrected chi connectivity index (χ3v) is 4.35. The standard InChI is InChI=1S/C12H12FNO2S2/c13-12-3-1-2-10(6-12)9-18(15,16)14-7-11-4-5-17-8-11/h1-6,8,14H,7,9H2. The first kappa shape index (κ1) is 13.2. The highest BCUT2D eigenvalue weighted by atomic mass is 32.2. The number of sulfonamides is 1. The number of nitrogens with one attached hydrogen (secondary N) is 1. The number of thiophene rings is 1. The lowest BCUT2D eigenvalue weighted by molar-refractivity contribution is 0.580. The van der Waals surface area contributed by atoms with E-state index in [1.807, 2.05) is 16.8 Å². The highest BCUT2D eigenvalue weighted by Crippen LogP contribution is 2.09. The second-order valence-electron chi connectivity index (χ2n) is 3.84. The van der Waals surface area contributed by atoms with Crippen LogP contribution in [0.1, 0.15) is 11.1 Å². The van der Waals surface area contributed by atoms with E-state index >= 15 is 0 Å². The van der Waals surface area contributed by atoms with Crippen LogP contribution in [0.5, 0.6) is 0 Å². The third-order valence-electron chi connectivity index (χ3n) is 2.32. The van der Waals surface area contributed by atoms with Gasteiger partial charge in [-0.1, -0.05) is 12.1 Å². The van der Waals surface area contributed by atoms with E-state index in [2.05, 4.69) is 4.72 Å². The molecule has 0 radical (unpaired) electrons. The van der Waals surface area contributed by atoms with E-state index in [-0.39, 0.29) is 12.3 Å². The lowest BCUT2D eigenvalue weighted by atomic mass is 10.2. The Bertz CT molecular complexity index is 609. The van der Waals surface area contributed by atoms with Crippen molar-refractivity contribution in [1.29, 1.82) is 0 Å². The fraction of sp³-hybridized carbons (Fsp3) is 0.167. The molecule has 0 aliphatic carbocycles. The number of hydrogen-bond acceptors (Lipinski definition) is 3. The number of halogens is 1. The topological polar surface area (TPSA) is 46.2 Å². The first-order valence-corrected chi connectivity index (χ1v) is 7.87. The molecule has 3 nitrogen and oxygen atoms in total.